The Kier molecular flexibility index (Phi) is 6.26. The number of benzene rings is 1. The van der Waals surface area contributed by atoms with Gasteiger partial charge in [0.2, 0.25) is 5.91 Å². The number of hydrogen-bond donors (Lipinski definition) is 0. The Hall–Kier alpha value is -2.67. The molecule has 2 unspecified atom stereocenters. The van der Waals surface area contributed by atoms with E-state index in [-0.39, 0.29) is 5.91 Å². The highest BCUT2D eigenvalue weighted by molar-refractivity contribution is 7.99. The minimum absolute atomic E-state index is 0.233. The number of pyridine rings is 1. The molecule has 166 valence electrons. The number of fused-ring (bicyclic) bond motifs is 1. The number of hydrogen-bond acceptors (Lipinski definition) is 5. The summed E-state index contributed by atoms with van der Waals surface area (Å²) < 4.78 is 2.07. The van der Waals surface area contributed by atoms with Crippen LogP contribution in [0.5, 0.6) is 0 Å². The standard InChI is InChI=1S/C25H29N5OS/c1-18-7-2-4-10-21(18)30-24(20-12-14-26-15-13-20)27-28-25(30)32-17-23(31)29-16-6-9-19-8-3-5-11-22(19)29/h2,4,7,10,12-15,19,22H,3,5-6,8-9,11,16-17H2,1H3. The molecule has 0 bridgehead atoms. The van der Waals surface area contributed by atoms with E-state index < -0.39 is 0 Å². The van der Waals surface area contributed by atoms with Crippen molar-refractivity contribution in [1.29, 1.82) is 0 Å². The Morgan fingerprint density at radius 3 is 2.66 bits per heavy atom. The number of carbonyl (C=O) groups excluding carboxylic acids is 1. The van der Waals surface area contributed by atoms with Gasteiger partial charge < -0.3 is 4.90 Å². The number of aryl methyl sites for hydroxylation is 1. The van der Waals surface area contributed by atoms with Gasteiger partial charge in [0.15, 0.2) is 11.0 Å². The van der Waals surface area contributed by atoms with Gasteiger partial charge in [0, 0.05) is 30.5 Å². The van der Waals surface area contributed by atoms with Gasteiger partial charge >= 0.3 is 0 Å². The number of amides is 1. The Morgan fingerprint density at radius 1 is 1.03 bits per heavy atom. The molecule has 5 rings (SSSR count). The summed E-state index contributed by atoms with van der Waals surface area (Å²) in [6.45, 7) is 2.98. The van der Waals surface area contributed by atoms with Gasteiger partial charge in [-0.05, 0) is 62.3 Å². The largest absolute Gasteiger partial charge is 0.339 e. The van der Waals surface area contributed by atoms with Crippen LogP contribution in [0.1, 0.15) is 44.1 Å². The summed E-state index contributed by atoms with van der Waals surface area (Å²) >= 11 is 1.49. The highest BCUT2D eigenvalue weighted by Crippen LogP contribution is 2.36. The van der Waals surface area contributed by atoms with E-state index in [0.717, 1.165) is 47.2 Å². The summed E-state index contributed by atoms with van der Waals surface area (Å²) in [6.07, 6.45) is 10.9. The molecule has 2 aliphatic rings. The molecule has 7 heteroatoms. The van der Waals surface area contributed by atoms with Crippen LogP contribution in [0.4, 0.5) is 0 Å². The monoisotopic (exact) mass is 447 g/mol. The van der Waals surface area contributed by atoms with Crippen LogP contribution in [-0.2, 0) is 4.79 Å². The number of piperidine rings is 1. The van der Waals surface area contributed by atoms with Gasteiger partial charge in [-0.3, -0.25) is 14.3 Å². The molecule has 1 saturated carbocycles. The molecule has 0 radical (unpaired) electrons. The number of nitrogens with zero attached hydrogens (tertiary/aromatic N) is 5. The number of rotatable bonds is 5. The number of likely N-dealkylation sites (tertiary alicyclic amines) is 1. The molecule has 6 nitrogen and oxygen atoms in total. The molecule has 2 atom stereocenters. The summed E-state index contributed by atoms with van der Waals surface area (Å²) in [5, 5.41) is 9.74. The van der Waals surface area contributed by atoms with Crippen molar-refractivity contribution in [1.82, 2.24) is 24.6 Å². The predicted octanol–water partition coefficient (Wildman–Crippen LogP) is 4.91. The second kappa shape index (κ2) is 9.45. The Balaban J connectivity index is 1.41. The number of thioether (sulfide) groups is 1. The maximum absolute atomic E-state index is 13.3. The van der Waals surface area contributed by atoms with E-state index in [2.05, 4.69) is 43.7 Å². The van der Waals surface area contributed by atoms with Crippen LogP contribution in [0, 0.1) is 12.8 Å². The lowest BCUT2D eigenvalue weighted by Gasteiger charge is -2.44. The Bertz CT molecular complexity index is 1080. The molecule has 1 amide bonds. The molecule has 2 aromatic heterocycles. The fraction of sp³-hybridized carbons (Fsp3) is 0.440. The lowest BCUT2D eigenvalue weighted by Crippen LogP contribution is -2.50. The first-order valence-electron chi connectivity index (χ1n) is 11.6. The highest BCUT2D eigenvalue weighted by Gasteiger charge is 2.35. The van der Waals surface area contributed by atoms with Crippen LogP contribution in [0.15, 0.2) is 53.9 Å². The van der Waals surface area contributed by atoms with Crippen molar-refractivity contribution in [2.45, 2.75) is 56.6 Å². The average molecular weight is 448 g/mol. The SMILES string of the molecule is Cc1ccccc1-n1c(SCC(=O)N2CCCC3CCCCC32)nnc1-c1ccncc1. The van der Waals surface area contributed by atoms with Gasteiger partial charge in [-0.15, -0.1) is 10.2 Å². The molecule has 3 aromatic rings. The van der Waals surface area contributed by atoms with Crippen LogP contribution in [0.2, 0.25) is 0 Å². The minimum atomic E-state index is 0.233. The maximum atomic E-state index is 13.3. The quantitative estimate of drug-likeness (QED) is 0.520. The van der Waals surface area contributed by atoms with Crippen molar-refractivity contribution in [3.05, 3.63) is 54.4 Å². The van der Waals surface area contributed by atoms with Gasteiger partial charge in [0.05, 0.1) is 11.4 Å². The summed E-state index contributed by atoms with van der Waals surface area (Å²) in [5.41, 5.74) is 3.12. The van der Waals surface area contributed by atoms with E-state index in [1.807, 2.05) is 24.3 Å². The van der Waals surface area contributed by atoms with Crippen LogP contribution >= 0.6 is 11.8 Å². The molecule has 0 N–H and O–H groups in total. The third-order valence-electron chi connectivity index (χ3n) is 6.82. The summed E-state index contributed by atoms with van der Waals surface area (Å²) in [5.74, 6) is 2.09. The molecule has 2 fully saturated rings. The van der Waals surface area contributed by atoms with Crippen LogP contribution in [0.3, 0.4) is 0 Å². The van der Waals surface area contributed by atoms with Gasteiger partial charge in [-0.2, -0.15) is 0 Å². The average Bonchev–Trinajstić information content (AvgIpc) is 3.26. The fourth-order valence-corrected chi connectivity index (χ4v) is 6.06. The number of para-hydroxylation sites is 1. The number of carbonyl (C=O) groups is 1. The summed E-state index contributed by atoms with van der Waals surface area (Å²) in [7, 11) is 0. The third-order valence-corrected chi connectivity index (χ3v) is 7.73. The lowest BCUT2D eigenvalue weighted by molar-refractivity contribution is -0.134. The molecule has 1 aromatic carbocycles. The van der Waals surface area contributed by atoms with E-state index in [9.17, 15) is 4.79 Å². The maximum Gasteiger partial charge on any atom is 0.233 e. The Labute approximate surface area is 193 Å². The zero-order valence-electron chi connectivity index (χ0n) is 18.5. The van der Waals surface area contributed by atoms with E-state index >= 15 is 0 Å². The van der Waals surface area contributed by atoms with Crippen molar-refractivity contribution in [2.24, 2.45) is 5.92 Å². The predicted molar refractivity (Wildman–Crippen MR) is 127 cm³/mol. The topological polar surface area (TPSA) is 63.9 Å². The van der Waals surface area contributed by atoms with Crippen LogP contribution < -0.4 is 0 Å². The zero-order valence-corrected chi connectivity index (χ0v) is 19.3. The summed E-state index contributed by atoms with van der Waals surface area (Å²) in [6, 6.07) is 12.5. The van der Waals surface area contributed by atoms with Crippen molar-refractivity contribution in [3.8, 4) is 17.1 Å². The first-order chi connectivity index (χ1) is 15.7. The molecule has 1 aliphatic carbocycles. The fourth-order valence-electron chi connectivity index (χ4n) is 5.23. The van der Waals surface area contributed by atoms with E-state index in [1.54, 1.807) is 12.4 Å². The first kappa shape index (κ1) is 21.2. The van der Waals surface area contributed by atoms with E-state index in [1.165, 1.54) is 37.4 Å². The second-order valence-corrected chi connectivity index (χ2v) is 9.74. The van der Waals surface area contributed by atoms with Crippen molar-refractivity contribution >= 4 is 17.7 Å². The number of aromatic nitrogens is 4. The van der Waals surface area contributed by atoms with Crippen molar-refractivity contribution in [2.75, 3.05) is 12.3 Å². The smallest absolute Gasteiger partial charge is 0.233 e. The molecule has 1 saturated heterocycles. The van der Waals surface area contributed by atoms with Gasteiger partial charge in [0.1, 0.15) is 0 Å². The van der Waals surface area contributed by atoms with Gasteiger partial charge in [-0.1, -0.05) is 42.8 Å². The lowest BCUT2D eigenvalue weighted by atomic mass is 9.78. The molecular weight excluding hydrogens is 418 g/mol. The zero-order chi connectivity index (χ0) is 21.9. The Morgan fingerprint density at radius 2 is 1.81 bits per heavy atom. The third kappa shape index (κ3) is 4.18. The molecular formula is C25H29N5OS. The first-order valence-corrected chi connectivity index (χ1v) is 12.5. The van der Waals surface area contributed by atoms with E-state index in [0.29, 0.717) is 17.7 Å². The summed E-state index contributed by atoms with van der Waals surface area (Å²) in [4.78, 5) is 19.6. The highest BCUT2D eigenvalue weighted by atomic mass is 32.2. The molecule has 32 heavy (non-hydrogen) atoms. The van der Waals surface area contributed by atoms with Gasteiger partial charge in [-0.25, -0.2) is 0 Å². The van der Waals surface area contributed by atoms with Crippen LogP contribution in [-0.4, -0.2) is 48.9 Å². The molecule has 3 heterocycles. The van der Waals surface area contributed by atoms with E-state index in [4.69, 9.17) is 0 Å². The van der Waals surface area contributed by atoms with Gasteiger partial charge in [0.25, 0.3) is 0 Å². The molecule has 0 spiro atoms. The molecule has 1 aliphatic heterocycles. The normalized spacial score (nSPS) is 20.7. The second-order valence-electron chi connectivity index (χ2n) is 8.79. The van der Waals surface area contributed by atoms with Crippen LogP contribution in [0.25, 0.3) is 17.1 Å². The minimum Gasteiger partial charge on any atom is -0.339 e. The van der Waals surface area contributed by atoms with Crippen molar-refractivity contribution in [3.63, 3.8) is 0 Å². The van der Waals surface area contributed by atoms with Crippen molar-refractivity contribution < 1.29 is 4.79 Å².